The van der Waals surface area contributed by atoms with Gasteiger partial charge in [-0.1, -0.05) is 30.3 Å². The first-order valence-corrected chi connectivity index (χ1v) is 7.47. The summed E-state index contributed by atoms with van der Waals surface area (Å²) < 4.78 is 48.7. The molecule has 0 aromatic heterocycles. The third-order valence-corrected chi connectivity index (χ3v) is 3.70. The molecule has 0 heterocycles. The molecule has 0 radical (unpaired) electrons. The SMILES string of the molecule is CC(=O)OC(C)(C)c1ccc(OC(C)C(F)(F)F)c2ccccc12. The van der Waals surface area contributed by atoms with Crippen LogP contribution in [0.1, 0.15) is 33.3 Å². The Labute approximate surface area is 138 Å². The summed E-state index contributed by atoms with van der Waals surface area (Å²) in [7, 11) is 0. The molecule has 3 nitrogen and oxygen atoms in total. The highest BCUT2D eigenvalue weighted by Crippen LogP contribution is 2.37. The Morgan fingerprint density at radius 1 is 1.04 bits per heavy atom. The first-order valence-electron chi connectivity index (χ1n) is 7.47. The van der Waals surface area contributed by atoms with Gasteiger partial charge in [0, 0.05) is 17.9 Å². The van der Waals surface area contributed by atoms with E-state index in [9.17, 15) is 18.0 Å². The summed E-state index contributed by atoms with van der Waals surface area (Å²) in [6, 6.07) is 10.0. The number of ether oxygens (including phenoxy) is 2. The van der Waals surface area contributed by atoms with Crippen LogP contribution >= 0.6 is 0 Å². The third kappa shape index (κ3) is 3.80. The second-order valence-corrected chi connectivity index (χ2v) is 6.06. The van der Waals surface area contributed by atoms with Crippen LogP contribution < -0.4 is 4.74 Å². The number of hydrogen-bond donors (Lipinski definition) is 0. The normalized spacial score (nSPS) is 13.6. The number of carbonyl (C=O) groups is 1. The fourth-order valence-electron chi connectivity index (χ4n) is 2.57. The lowest BCUT2D eigenvalue weighted by molar-refractivity contribution is -0.189. The standard InChI is InChI=1S/C18H19F3O3/c1-11(18(19,20)21)23-16-10-9-15(17(3,4)24-12(2)22)13-7-5-6-8-14(13)16/h5-11H,1-4H3. The fraction of sp³-hybridized carbons (Fsp3) is 0.389. The van der Waals surface area contributed by atoms with E-state index in [0.717, 1.165) is 6.92 Å². The van der Waals surface area contributed by atoms with Gasteiger partial charge in [0.15, 0.2) is 6.10 Å². The van der Waals surface area contributed by atoms with Crippen LogP contribution in [0.3, 0.4) is 0 Å². The highest BCUT2D eigenvalue weighted by atomic mass is 19.4. The lowest BCUT2D eigenvalue weighted by Gasteiger charge is -2.27. The Balaban J connectivity index is 2.53. The Morgan fingerprint density at radius 3 is 2.17 bits per heavy atom. The van der Waals surface area contributed by atoms with Gasteiger partial charge in [-0.2, -0.15) is 13.2 Å². The molecule has 2 rings (SSSR count). The lowest BCUT2D eigenvalue weighted by Crippen LogP contribution is -2.31. The van der Waals surface area contributed by atoms with Crippen LogP contribution in [0.25, 0.3) is 10.8 Å². The molecule has 0 aliphatic carbocycles. The summed E-state index contributed by atoms with van der Waals surface area (Å²) in [4.78, 5) is 11.3. The molecule has 0 N–H and O–H groups in total. The van der Waals surface area contributed by atoms with Gasteiger partial charge in [-0.3, -0.25) is 4.79 Å². The van der Waals surface area contributed by atoms with Crippen molar-refractivity contribution in [3.05, 3.63) is 42.0 Å². The summed E-state index contributed by atoms with van der Waals surface area (Å²) >= 11 is 0. The Hall–Kier alpha value is -2.24. The minimum atomic E-state index is -4.45. The van der Waals surface area contributed by atoms with Gasteiger partial charge >= 0.3 is 12.1 Å². The van der Waals surface area contributed by atoms with Gasteiger partial charge in [0.1, 0.15) is 11.4 Å². The summed E-state index contributed by atoms with van der Waals surface area (Å²) in [5.74, 6) is -0.298. The molecule has 1 unspecified atom stereocenters. The molecule has 130 valence electrons. The van der Waals surface area contributed by atoms with Crippen molar-refractivity contribution in [2.75, 3.05) is 0 Å². The van der Waals surface area contributed by atoms with Crippen molar-refractivity contribution in [1.82, 2.24) is 0 Å². The maximum atomic E-state index is 12.8. The second kappa shape index (κ2) is 6.34. The first kappa shape index (κ1) is 18.1. The van der Waals surface area contributed by atoms with Crippen molar-refractivity contribution in [1.29, 1.82) is 0 Å². The number of rotatable bonds is 4. The minimum Gasteiger partial charge on any atom is -0.481 e. The van der Waals surface area contributed by atoms with Crippen molar-refractivity contribution in [3.8, 4) is 5.75 Å². The van der Waals surface area contributed by atoms with Gasteiger partial charge in [-0.15, -0.1) is 0 Å². The molecule has 2 aromatic rings. The molecule has 0 amide bonds. The zero-order chi connectivity index (χ0) is 18.1. The van der Waals surface area contributed by atoms with Crippen LogP contribution in [-0.4, -0.2) is 18.2 Å². The van der Waals surface area contributed by atoms with Crippen LogP contribution in [0.4, 0.5) is 13.2 Å². The molecule has 0 bridgehead atoms. The molecule has 0 aliphatic heterocycles. The predicted octanol–water partition coefficient (Wildman–Crippen LogP) is 4.97. The average Bonchev–Trinajstić information content (AvgIpc) is 2.44. The maximum absolute atomic E-state index is 12.8. The quantitative estimate of drug-likeness (QED) is 0.737. The van der Waals surface area contributed by atoms with Crippen LogP contribution in [0.5, 0.6) is 5.75 Å². The van der Waals surface area contributed by atoms with E-state index in [0.29, 0.717) is 16.3 Å². The maximum Gasteiger partial charge on any atom is 0.425 e. The van der Waals surface area contributed by atoms with Gasteiger partial charge in [0.05, 0.1) is 0 Å². The molecule has 2 aromatic carbocycles. The summed E-state index contributed by atoms with van der Waals surface area (Å²) in [6.45, 7) is 5.74. The van der Waals surface area contributed by atoms with Gasteiger partial charge < -0.3 is 9.47 Å². The van der Waals surface area contributed by atoms with Crippen molar-refractivity contribution in [2.45, 2.75) is 45.6 Å². The molecule has 0 spiro atoms. The molecular formula is C18H19F3O3. The number of fused-ring (bicyclic) bond motifs is 1. The number of hydrogen-bond acceptors (Lipinski definition) is 3. The fourth-order valence-corrected chi connectivity index (χ4v) is 2.57. The molecule has 0 saturated carbocycles. The molecule has 24 heavy (non-hydrogen) atoms. The highest BCUT2D eigenvalue weighted by molar-refractivity contribution is 5.92. The van der Waals surface area contributed by atoms with E-state index < -0.39 is 23.9 Å². The largest absolute Gasteiger partial charge is 0.481 e. The molecule has 6 heteroatoms. The molecule has 0 saturated heterocycles. The molecular weight excluding hydrogens is 321 g/mol. The van der Waals surface area contributed by atoms with Crippen molar-refractivity contribution in [2.24, 2.45) is 0 Å². The van der Waals surface area contributed by atoms with Gasteiger partial charge in [-0.25, -0.2) is 0 Å². The number of halogens is 3. The van der Waals surface area contributed by atoms with Crippen molar-refractivity contribution in [3.63, 3.8) is 0 Å². The molecule has 0 fully saturated rings. The first-order chi connectivity index (χ1) is 11.0. The number of alkyl halides is 3. The number of esters is 1. The van der Waals surface area contributed by atoms with Gasteiger partial charge in [0.2, 0.25) is 0 Å². The van der Waals surface area contributed by atoms with Crippen molar-refractivity contribution < 1.29 is 27.4 Å². The Morgan fingerprint density at radius 2 is 1.62 bits per heavy atom. The van der Waals surface area contributed by atoms with Gasteiger partial charge in [0.25, 0.3) is 0 Å². The summed E-state index contributed by atoms with van der Waals surface area (Å²) in [5.41, 5.74) is -0.222. The van der Waals surface area contributed by atoms with Crippen LogP contribution in [0.2, 0.25) is 0 Å². The van der Waals surface area contributed by atoms with Gasteiger partial charge in [-0.05, 0) is 32.2 Å². The zero-order valence-electron chi connectivity index (χ0n) is 13.9. The molecule has 1 atom stereocenters. The summed E-state index contributed by atoms with van der Waals surface area (Å²) in [6.07, 6.45) is -6.37. The minimum absolute atomic E-state index is 0.137. The second-order valence-electron chi connectivity index (χ2n) is 6.06. The van der Waals surface area contributed by atoms with E-state index in [4.69, 9.17) is 9.47 Å². The smallest absolute Gasteiger partial charge is 0.425 e. The summed E-state index contributed by atoms with van der Waals surface area (Å²) in [5, 5.41) is 1.21. The van der Waals surface area contributed by atoms with Crippen molar-refractivity contribution >= 4 is 16.7 Å². The van der Waals surface area contributed by atoms with E-state index in [1.807, 2.05) is 0 Å². The number of benzene rings is 2. The van der Waals surface area contributed by atoms with Crippen LogP contribution in [0.15, 0.2) is 36.4 Å². The monoisotopic (exact) mass is 340 g/mol. The Kier molecular flexibility index (Phi) is 4.78. The lowest BCUT2D eigenvalue weighted by atomic mass is 9.92. The predicted molar refractivity (Wildman–Crippen MR) is 84.9 cm³/mol. The van der Waals surface area contributed by atoms with E-state index in [1.54, 1.807) is 44.2 Å². The van der Waals surface area contributed by atoms with Crippen LogP contribution in [0, 0.1) is 0 Å². The number of carbonyl (C=O) groups excluding carboxylic acids is 1. The Bertz CT molecular complexity index is 751. The highest BCUT2D eigenvalue weighted by Gasteiger charge is 2.38. The molecule has 0 aliphatic rings. The van der Waals surface area contributed by atoms with E-state index >= 15 is 0 Å². The van der Waals surface area contributed by atoms with E-state index in [2.05, 4.69) is 0 Å². The van der Waals surface area contributed by atoms with Crippen LogP contribution in [-0.2, 0) is 15.1 Å². The third-order valence-electron chi connectivity index (χ3n) is 3.70. The average molecular weight is 340 g/mol. The van der Waals surface area contributed by atoms with E-state index in [-0.39, 0.29) is 5.75 Å². The van der Waals surface area contributed by atoms with E-state index in [1.165, 1.54) is 13.0 Å². The topological polar surface area (TPSA) is 35.5 Å². The zero-order valence-corrected chi connectivity index (χ0v) is 13.9.